The van der Waals surface area contributed by atoms with Crippen LogP contribution in [-0.4, -0.2) is 19.2 Å². The summed E-state index contributed by atoms with van der Waals surface area (Å²) in [7, 11) is 0. The van der Waals surface area contributed by atoms with Gasteiger partial charge in [-0.2, -0.15) is 0 Å². The molecule has 0 spiro atoms. The normalized spacial score (nSPS) is 17.7. The molecule has 0 aliphatic carbocycles. The number of hydrogen-bond donors (Lipinski definition) is 1. The van der Waals surface area contributed by atoms with Crippen molar-refractivity contribution in [3.8, 4) is 5.75 Å². The van der Waals surface area contributed by atoms with Gasteiger partial charge >= 0.3 is 0 Å². The molecule has 0 radical (unpaired) electrons. The van der Waals surface area contributed by atoms with Crippen molar-refractivity contribution in [2.45, 2.75) is 18.9 Å². The number of nitrogens with one attached hydrogen (secondary N) is 1. The molecule has 15 heavy (non-hydrogen) atoms. The van der Waals surface area contributed by atoms with E-state index >= 15 is 0 Å². The summed E-state index contributed by atoms with van der Waals surface area (Å²) in [5, 5.41) is 4.57. The van der Waals surface area contributed by atoms with Gasteiger partial charge in [-0.05, 0) is 38.1 Å². The number of halogens is 2. The number of rotatable bonds is 2. The third-order valence-electron chi connectivity index (χ3n) is 2.47. The Labute approximate surface area is 99.5 Å². The van der Waals surface area contributed by atoms with Crippen molar-refractivity contribution in [3.05, 3.63) is 28.2 Å². The van der Waals surface area contributed by atoms with Gasteiger partial charge in [-0.3, -0.25) is 0 Å². The van der Waals surface area contributed by atoms with E-state index in [0.717, 1.165) is 25.9 Å². The van der Waals surface area contributed by atoms with Crippen LogP contribution < -0.4 is 10.1 Å². The average molecular weight is 246 g/mol. The molecule has 0 saturated carbocycles. The fraction of sp³-hybridized carbons (Fsp3) is 0.455. The number of hydrogen-bond acceptors (Lipinski definition) is 2. The Morgan fingerprint density at radius 2 is 1.93 bits per heavy atom. The second-order valence-electron chi connectivity index (χ2n) is 3.64. The molecule has 1 aromatic carbocycles. The molecule has 2 rings (SSSR count). The zero-order valence-electron chi connectivity index (χ0n) is 8.30. The van der Waals surface area contributed by atoms with Crippen molar-refractivity contribution >= 4 is 23.2 Å². The highest BCUT2D eigenvalue weighted by molar-refractivity contribution is 6.34. The second-order valence-corrected chi connectivity index (χ2v) is 4.49. The summed E-state index contributed by atoms with van der Waals surface area (Å²) in [6.07, 6.45) is 2.29. The summed E-state index contributed by atoms with van der Waals surface area (Å²) >= 11 is 11.9. The molecule has 0 atom stereocenters. The van der Waals surface area contributed by atoms with Gasteiger partial charge in [-0.1, -0.05) is 23.2 Å². The Kier molecular flexibility index (Phi) is 3.73. The minimum absolute atomic E-state index is 0.252. The fourth-order valence-electron chi connectivity index (χ4n) is 1.66. The van der Waals surface area contributed by atoms with Crippen molar-refractivity contribution in [1.82, 2.24) is 5.32 Å². The van der Waals surface area contributed by atoms with Crippen LogP contribution in [-0.2, 0) is 0 Å². The first kappa shape index (κ1) is 11.1. The number of piperidine rings is 1. The molecule has 0 bridgehead atoms. The molecule has 1 N–H and O–H groups in total. The van der Waals surface area contributed by atoms with Crippen LogP contribution in [0.4, 0.5) is 0 Å². The molecular formula is C11H13Cl2NO. The van der Waals surface area contributed by atoms with Crippen LogP contribution in [0.3, 0.4) is 0 Å². The van der Waals surface area contributed by atoms with Crippen molar-refractivity contribution in [2.24, 2.45) is 0 Å². The molecule has 0 unspecified atom stereocenters. The lowest BCUT2D eigenvalue weighted by Gasteiger charge is -2.24. The molecule has 1 fully saturated rings. The molecule has 0 aromatic heterocycles. The van der Waals surface area contributed by atoms with Gasteiger partial charge in [0, 0.05) is 11.1 Å². The monoisotopic (exact) mass is 245 g/mol. The fourth-order valence-corrected chi connectivity index (χ4v) is 1.98. The molecule has 1 heterocycles. The molecule has 1 aliphatic heterocycles. The Morgan fingerprint density at radius 1 is 1.20 bits per heavy atom. The van der Waals surface area contributed by atoms with Crippen molar-refractivity contribution in [3.63, 3.8) is 0 Å². The Balaban J connectivity index is 2.05. The van der Waals surface area contributed by atoms with E-state index in [-0.39, 0.29) is 6.10 Å². The average Bonchev–Trinajstić information content (AvgIpc) is 2.25. The third kappa shape index (κ3) is 3.00. The standard InChI is InChI=1S/C11H13Cl2NO/c12-8-1-2-10(13)11(7-8)15-9-3-5-14-6-4-9/h1-2,7,9,14H,3-6H2. The Bertz CT molecular complexity index is 337. The molecule has 2 nitrogen and oxygen atoms in total. The van der Waals surface area contributed by atoms with E-state index in [9.17, 15) is 0 Å². The highest BCUT2D eigenvalue weighted by Gasteiger charge is 2.15. The predicted octanol–water partition coefficient (Wildman–Crippen LogP) is 3.12. The van der Waals surface area contributed by atoms with E-state index in [4.69, 9.17) is 27.9 Å². The van der Waals surface area contributed by atoms with Crippen LogP contribution in [0.2, 0.25) is 10.0 Å². The van der Waals surface area contributed by atoms with Gasteiger partial charge in [0.1, 0.15) is 11.9 Å². The zero-order chi connectivity index (χ0) is 10.7. The summed E-state index contributed by atoms with van der Waals surface area (Å²) in [5.74, 6) is 0.691. The van der Waals surface area contributed by atoms with E-state index in [1.54, 1.807) is 18.2 Å². The lowest BCUT2D eigenvalue weighted by Crippen LogP contribution is -2.34. The molecule has 82 valence electrons. The maximum absolute atomic E-state index is 6.02. The minimum Gasteiger partial charge on any atom is -0.489 e. The Hall–Kier alpha value is -0.440. The maximum atomic E-state index is 6.02. The summed E-state index contributed by atoms with van der Waals surface area (Å²) < 4.78 is 5.81. The first-order valence-corrected chi connectivity index (χ1v) is 5.84. The minimum atomic E-state index is 0.252. The summed E-state index contributed by atoms with van der Waals surface area (Å²) in [6.45, 7) is 2.01. The molecule has 4 heteroatoms. The van der Waals surface area contributed by atoms with Gasteiger partial charge in [0.25, 0.3) is 0 Å². The highest BCUT2D eigenvalue weighted by atomic mass is 35.5. The van der Waals surface area contributed by atoms with Gasteiger partial charge in [0.15, 0.2) is 0 Å². The highest BCUT2D eigenvalue weighted by Crippen LogP contribution is 2.29. The van der Waals surface area contributed by atoms with Crippen molar-refractivity contribution < 1.29 is 4.74 Å². The topological polar surface area (TPSA) is 21.3 Å². The first-order chi connectivity index (χ1) is 7.25. The van der Waals surface area contributed by atoms with Crippen LogP contribution in [0.5, 0.6) is 5.75 Å². The molecule has 1 saturated heterocycles. The van der Waals surface area contributed by atoms with Crippen molar-refractivity contribution in [2.75, 3.05) is 13.1 Å². The first-order valence-electron chi connectivity index (χ1n) is 5.08. The van der Waals surface area contributed by atoms with E-state index < -0.39 is 0 Å². The van der Waals surface area contributed by atoms with Crippen LogP contribution in [0, 0.1) is 0 Å². The molecule has 0 amide bonds. The molecular weight excluding hydrogens is 233 g/mol. The molecule has 1 aromatic rings. The van der Waals surface area contributed by atoms with Gasteiger partial charge in [-0.25, -0.2) is 0 Å². The predicted molar refractivity (Wildman–Crippen MR) is 63.0 cm³/mol. The Morgan fingerprint density at radius 3 is 2.67 bits per heavy atom. The number of benzene rings is 1. The summed E-state index contributed by atoms with van der Waals surface area (Å²) in [4.78, 5) is 0. The van der Waals surface area contributed by atoms with E-state index in [0.29, 0.717) is 15.8 Å². The quantitative estimate of drug-likeness (QED) is 0.865. The van der Waals surface area contributed by atoms with Crippen LogP contribution in [0.25, 0.3) is 0 Å². The van der Waals surface area contributed by atoms with Gasteiger partial charge in [0.05, 0.1) is 5.02 Å². The lowest BCUT2D eigenvalue weighted by atomic mass is 10.1. The third-order valence-corrected chi connectivity index (χ3v) is 3.02. The van der Waals surface area contributed by atoms with Crippen LogP contribution >= 0.6 is 23.2 Å². The van der Waals surface area contributed by atoms with Crippen molar-refractivity contribution in [1.29, 1.82) is 0 Å². The summed E-state index contributed by atoms with van der Waals surface area (Å²) in [5.41, 5.74) is 0. The smallest absolute Gasteiger partial charge is 0.139 e. The lowest BCUT2D eigenvalue weighted by molar-refractivity contribution is 0.162. The van der Waals surface area contributed by atoms with Crippen LogP contribution in [0.1, 0.15) is 12.8 Å². The largest absolute Gasteiger partial charge is 0.489 e. The van der Waals surface area contributed by atoms with Crippen LogP contribution in [0.15, 0.2) is 18.2 Å². The summed E-state index contributed by atoms with van der Waals surface area (Å²) in [6, 6.07) is 5.30. The van der Waals surface area contributed by atoms with E-state index in [1.165, 1.54) is 0 Å². The second kappa shape index (κ2) is 5.06. The molecule has 1 aliphatic rings. The SMILES string of the molecule is Clc1ccc(Cl)c(OC2CCNCC2)c1. The van der Waals surface area contributed by atoms with E-state index in [2.05, 4.69) is 5.32 Å². The maximum Gasteiger partial charge on any atom is 0.139 e. The van der Waals surface area contributed by atoms with Gasteiger partial charge < -0.3 is 10.1 Å². The zero-order valence-corrected chi connectivity index (χ0v) is 9.81. The number of ether oxygens (including phenoxy) is 1. The van der Waals surface area contributed by atoms with E-state index in [1.807, 2.05) is 0 Å². The van der Waals surface area contributed by atoms with Gasteiger partial charge in [-0.15, -0.1) is 0 Å². The van der Waals surface area contributed by atoms with Gasteiger partial charge in [0.2, 0.25) is 0 Å².